The number of carboxylic acid groups (broad SMARTS) is 1. The van der Waals surface area contributed by atoms with Crippen molar-refractivity contribution in [1.82, 2.24) is 5.32 Å². The summed E-state index contributed by atoms with van der Waals surface area (Å²) >= 11 is 0.996. The second-order valence-electron chi connectivity index (χ2n) is 5.23. The number of nitrogens with zero attached hydrogens (tertiary/aromatic N) is 2. The van der Waals surface area contributed by atoms with Crippen molar-refractivity contribution in [3.8, 4) is 5.75 Å². The highest BCUT2D eigenvalue weighted by molar-refractivity contribution is 8.15. The van der Waals surface area contributed by atoms with Crippen molar-refractivity contribution in [1.29, 1.82) is 0 Å². The number of aliphatic carboxylic acids is 1. The molecule has 134 valence electrons. The molecule has 0 saturated carbocycles. The van der Waals surface area contributed by atoms with Gasteiger partial charge in [-0.15, -0.1) is 5.10 Å². The molecule has 0 aliphatic carbocycles. The number of unbranched alkanes of at least 4 members (excludes halogenated alkanes) is 1. The van der Waals surface area contributed by atoms with E-state index >= 15 is 0 Å². The Balaban J connectivity index is 2.05. The number of amidine groups is 1. The Labute approximate surface area is 148 Å². The molecule has 0 aromatic heterocycles. The molecule has 1 heterocycles. The number of ether oxygens (including phenoxy) is 1. The third-order valence-corrected chi connectivity index (χ3v) is 4.28. The molecule has 2 rings (SSSR count). The van der Waals surface area contributed by atoms with Gasteiger partial charge in [0, 0.05) is 5.56 Å². The summed E-state index contributed by atoms with van der Waals surface area (Å²) in [6.45, 7) is 2.55. The lowest BCUT2D eigenvalue weighted by Gasteiger charge is -2.08. The molecular formula is C16H18FN3O4S. The van der Waals surface area contributed by atoms with Crippen molar-refractivity contribution >= 4 is 35.0 Å². The normalized spacial score (nSPS) is 18.7. The summed E-state index contributed by atoms with van der Waals surface area (Å²) in [7, 11) is 0. The first kappa shape index (κ1) is 18.9. The molecule has 1 saturated heterocycles. The highest BCUT2D eigenvalue weighted by Crippen LogP contribution is 2.22. The van der Waals surface area contributed by atoms with E-state index in [-0.39, 0.29) is 11.6 Å². The maximum Gasteiger partial charge on any atom is 0.305 e. The van der Waals surface area contributed by atoms with Gasteiger partial charge >= 0.3 is 5.97 Å². The minimum absolute atomic E-state index is 0.206. The fourth-order valence-corrected chi connectivity index (χ4v) is 2.88. The molecule has 1 unspecified atom stereocenters. The van der Waals surface area contributed by atoms with Gasteiger partial charge in [-0.05, 0) is 24.6 Å². The van der Waals surface area contributed by atoms with Crippen molar-refractivity contribution < 1.29 is 23.8 Å². The lowest BCUT2D eigenvalue weighted by molar-refractivity contribution is -0.138. The van der Waals surface area contributed by atoms with Crippen LogP contribution in [0.15, 0.2) is 28.4 Å². The van der Waals surface area contributed by atoms with Crippen molar-refractivity contribution in [3.05, 3.63) is 29.6 Å². The molecule has 1 amide bonds. The molecular weight excluding hydrogens is 349 g/mol. The molecule has 1 aromatic rings. The van der Waals surface area contributed by atoms with E-state index in [0.717, 1.165) is 24.6 Å². The number of carbonyl (C=O) groups is 2. The highest BCUT2D eigenvalue weighted by atomic mass is 32.2. The van der Waals surface area contributed by atoms with Gasteiger partial charge in [0.2, 0.25) is 5.91 Å². The Morgan fingerprint density at radius 1 is 1.52 bits per heavy atom. The first-order chi connectivity index (χ1) is 12.0. The van der Waals surface area contributed by atoms with Crippen LogP contribution in [-0.2, 0) is 9.59 Å². The van der Waals surface area contributed by atoms with Crippen LogP contribution in [0.2, 0.25) is 0 Å². The summed E-state index contributed by atoms with van der Waals surface area (Å²) < 4.78 is 19.0. The Bertz CT molecular complexity index is 709. The van der Waals surface area contributed by atoms with E-state index in [4.69, 9.17) is 9.84 Å². The number of halogens is 1. The maximum atomic E-state index is 13.4. The lowest BCUT2D eigenvalue weighted by Crippen LogP contribution is -2.26. The molecule has 1 aliphatic heterocycles. The molecule has 9 heteroatoms. The summed E-state index contributed by atoms with van der Waals surface area (Å²) in [6, 6.07) is 4.10. The molecule has 1 aromatic carbocycles. The van der Waals surface area contributed by atoms with E-state index in [1.807, 2.05) is 6.92 Å². The van der Waals surface area contributed by atoms with E-state index in [2.05, 4.69) is 15.5 Å². The minimum Gasteiger partial charge on any atom is -0.493 e. The van der Waals surface area contributed by atoms with Crippen molar-refractivity contribution in [2.24, 2.45) is 10.2 Å². The van der Waals surface area contributed by atoms with Crippen LogP contribution in [0, 0.1) is 5.82 Å². The topological polar surface area (TPSA) is 100 Å². The SMILES string of the molecule is CCCCOc1ccc(F)cc1C=NN=C1NC(=O)C(CC(=O)O)S1. The number of nitrogens with one attached hydrogen (secondary N) is 1. The Morgan fingerprint density at radius 3 is 3.04 bits per heavy atom. The van der Waals surface area contributed by atoms with Crippen LogP contribution in [0.4, 0.5) is 4.39 Å². The van der Waals surface area contributed by atoms with E-state index in [1.54, 1.807) is 0 Å². The van der Waals surface area contributed by atoms with Crippen molar-refractivity contribution in [3.63, 3.8) is 0 Å². The van der Waals surface area contributed by atoms with E-state index < -0.39 is 22.9 Å². The second kappa shape index (κ2) is 9.16. The van der Waals surface area contributed by atoms with Crippen LogP contribution in [0.1, 0.15) is 31.7 Å². The number of hydrogen-bond donors (Lipinski definition) is 2. The van der Waals surface area contributed by atoms with Gasteiger partial charge in [-0.1, -0.05) is 25.1 Å². The predicted octanol–water partition coefficient (Wildman–Crippen LogP) is 2.40. The van der Waals surface area contributed by atoms with E-state index in [1.165, 1.54) is 24.4 Å². The fourth-order valence-electron chi connectivity index (χ4n) is 1.97. The van der Waals surface area contributed by atoms with Crippen LogP contribution >= 0.6 is 11.8 Å². The smallest absolute Gasteiger partial charge is 0.305 e. The summed E-state index contributed by atoms with van der Waals surface area (Å²) in [6.07, 6.45) is 2.89. The highest BCUT2D eigenvalue weighted by Gasteiger charge is 2.32. The molecule has 25 heavy (non-hydrogen) atoms. The predicted molar refractivity (Wildman–Crippen MR) is 93.6 cm³/mol. The summed E-state index contributed by atoms with van der Waals surface area (Å²) in [4.78, 5) is 22.3. The summed E-state index contributed by atoms with van der Waals surface area (Å²) in [5.74, 6) is -1.42. The van der Waals surface area contributed by atoms with Gasteiger partial charge in [-0.2, -0.15) is 5.10 Å². The third-order valence-electron chi connectivity index (χ3n) is 3.21. The van der Waals surface area contributed by atoms with Gasteiger partial charge in [0.05, 0.1) is 19.2 Å². The monoisotopic (exact) mass is 367 g/mol. The molecule has 0 bridgehead atoms. The van der Waals surface area contributed by atoms with Gasteiger partial charge in [0.1, 0.15) is 16.8 Å². The van der Waals surface area contributed by atoms with Gasteiger partial charge < -0.3 is 15.2 Å². The maximum absolute atomic E-state index is 13.4. The lowest BCUT2D eigenvalue weighted by atomic mass is 10.2. The molecule has 2 N–H and O–H groups in total. The zero-order valence-electron chi connectivity index (χ0n) is 13.6. The largest absolute Gasteiger partial charge is 0.493 e. The van der Waals surface area contributed by atoms with Gasteiger partial charge in [-0.3, -0.25) is 9.59 Å². The molecule has 7 nitrogen and oxygen atoms in total. The molecule has 0 radical (unpaired) electrons. The van der Waals surface area contributed by atoms with Crippen LogP contribution in [0.5, 0.6) is 5.75 Å². The minimum atomic E-state index is -1.06. The number of rotatable bonds is 8. The van der Waals surface area contributed by atoms with Gasteiger partial charge in [0.25, 0.3) is 0 Å². The first-order valence-electron chi connectivity index (χ1n) is 7.72. The van der Waals surface area contributed by atoms with Gasteiger partial charge in [0.15, 0.2) is 5.17 Å². The Morgan fingerprint density at radius 2 is 2.32 bits per heavy atom. The van der Waals surface area contributed by atoms with Gasteiger partial charge in [-0.25, -0.2) is 4.39 Å². The summed E-state index contributed by atoms with van der Waals surface area (Å²) in [5.41, 5.74) is 0.428. The Hall–Kier alpha value is -2.42. The standard InChI is InChI=1S/C16H18FN3O4S/c1-2-3-6-24-12-5-4-11(17)7-10(12)9-18-20-16-19-15(23)13(25-16)8-14(21)22/h4-5,7,9,13H,2-3,6,8H2,1H3,(H,21,22)(H,19,20,23). The molecule has 1 atom stereocenters. The number of thioether (sulfide) groups is 1. The van der Waals surface area contributed by atoms with Crippen LogP contribution in [-0.4, -0.2) is 40.2 Å². The number of amides is 1. The van der Waals surface area contributed by atoms with Crippen molar-refractivity contribution in [2.45, 2.75) is 31.4 Å². The Kier molecular flexibility index (Phi) is 6.93. The zero-order valence-corrected chi connectivity index (χ0v) is 14.4. The quantitative estimate of drug-likeness (QED) is 0.417. The average molecular weight is 367 g/mol. The number of carbonyl (C=O) groups excluding carboxylic acids is 1. The van der Waals surface area contributed by atoms with Crippen LogP contribution < -0.4 is 10.1 Å². The molecule has 1 aliphatic rings. The van der Waals surface area contributed by atoms with E-state index in [9.17, 15) is 14.0 Å². The van der Waals surface area contributed by atoms with Crippen molar-refractivity contribution in [2.75, 3.05) is 6.61 Å². The average Bonchev–Trinajstić information content (AvgIpc) is 2.88. The first-order valence-corrected chi connectivity index (χ1v) is 8.60. The van der Waals surface area contributed by atoms with Crippen LogP contribution in [0.25, 0.3) is 0 Å². The number of benzene rings is 1. The second-order valence-corrected chi connectivity index (χ2v) is 6.42. The molecule has 1 fully saturated rings. The zero-order chi connectivity index (χ0) is 18.2. The van der Waals surface area contributed by atoms with Crippen LogP contribution in [0.3, 0.4) is 0 Å². The fraction of sp³-hybridized carbons (Fsp3) is 0.375. The molecule has 0 spiro atoms. The third kappa shape index (κ3) is 5.86. The number of hydrogen-bond acceptors (Lipinski definition) is 6. The van der Waals surface area contributed by atoms with E-state index in [0.29, 0.717) is 17.9 Å². The number of carboxylic acids is 1. The summed E-state index contributed by atoms with van der Waals surface area (Å²) in [5, 5.41) is 18.3.